The number of hydrogen-bond donors (Lipinski definition) is 1. The van der Waals surface area contributed by atoms with E-state index in [1.165, 1.54) is 18.5 Å². The molecule has 0 saturated carbocycles. The van der Waals surface area contributed by atoms with Crippen molar-refractivity contribution in [3.8, 4) is 0 Å². The second-order valence-electron chi connectivity index (χ2n) is 4.54. The Morgan fingerprint density at radius 1 is 1.25 bits per heavy atom. The molecule has 1 heterocycles. The van der Waals surface area contributed by atoms with Crippen molar-refractivity contribution >= 4 is 17.3 Å². The predicted octanol–water partition coefficient (Wildman–Crippen LogP) is 3.31. The average Bonchev–Trinajstić information content (AvgIpc) is 2.43. The van der Waals surface area contributed by atoms with Crippen molar-refractivity contribution in [1.29, 1.82) is 0 Å². The second kappa shape index (κ2) is 6.32. The Bertz CT molecular complexity index is 586. The first kappa shape index (κ1) is 14.2. The highest BCUT2D eigenvalue weighted by Gasteiger charge is 2.16. The van der Waals surface area contributed by atoms with Crippen LogP contribution < -0.4 is 10.6 Å². The molecule has 106 valence electrons. The summed E-state index contributed by atoms with van der Waals surface area (Å²) in [5.41, 5.74) is 7.64. The number of aromatic nitrogens is 2. The van der Waals surface area contributed by atoms with Gasteiger partial charge in [-0.2, -0.15) is 0 Å². The number of rotatable bonds is 5. The molecule has 0 aliphatic heterocycles. The van der Waals surface area contributed by atoms with Crippen LogP contribution in [0.5, 0.6) is 0 Å². The fourth-order valence-corrected chi connectivity index (χ4v) is 2.24. The van der Waals surface area contributed by atoms with Crippen LogP contribution in [-0.4, -0.2) is 16.5 Å². The summed E-state index contributed by atoms with van der Waals surface area (Å²) in [4.78, 5) is 10.4. The lowest BCUT2D eigenvalue weighted by Gasteiger charge is -2.24. The van der Waals surface area contributed by atoms with E-state index >= 15 is 0 Å². The number of nitrogens with two attached hydrogens (primary N) is 1. The standard InChI is InChI=1S/C15H19FN4/c1-3-6-13-14(17)18-10-19-15(13)20(4-2)12-8-5-7-11(16)9-12/h5,7-10H,3-4,6H2,1-2H3,(H2,17,18,19). The first-order valence-corrected chi connectivity index (χ1v) is 6.79. The van der Waals surface area contributed by atoms with E-state index in [0.717, 1.165) is 29.9 Å². The Morgan fingerprint density at radius 2 is 2.05 bits per heavy atom. The van der Waals surface area contributed by atoms with Crippen LogP contribution in [0, 0.1) is 5.82 Å². The van der Waals surface area contributed by atoms with Crippen molar-refractivity contribution in [2.45, 2.75) is 26.7 Å². The van der Waals surface area contributed by atoms with Crippen molar-refractivity contribution in [3.05, 3.63) is 42.0 Å². The van der Waals surface area contributed by atoms with E-state index in [2.05, 4.69) is 16.9 Å². The highest BCUT2D eigenvalue weighted by Crippen LogP contribution is 2.29. The van der Waals surface area contributed by atoms with Crippen molar-refractivity contribution in [3.63, 3.8) is 0 Å². The number of halogens is 1. The van der Waals surface area contributed by atoms with Gasteiger partial charge >= 0.3 is 0 Å². The summed E-state index contributed by atoms with van der Waals surface area (Å²) >= 11 is 0. The van der Waals surface area contributed by atoms with Gasteiger partial charge in [0.25, 0.3) is 0 Å². The third-order valence-electron chi connectivity index (χ3n) is 3.15. The zero-order chi connectivity index (χ0) is 14.5. The van der Waals surface area contributed by atoms with E-state index < -0.39 is 0 Å². The Labute approximate surface area is 118 Å². The summed E-state index contributed by atoms with van der Waals surface area (Å²) in [6.07, 6.45) is 3.20. The van der Waals surface area contributed by atoms with Crippen molar-refractivity contribution < 1.29 is 4.39 Å². The molecule has 0 aliphatic rings. The van der Waals surface area contributed by atoms with Crippen molar-refractivity contribution in [2.24, 2.45) is 0 Å². The van der Waals surface area contributed by atoms with Gasteiger partial charge in [0.1, 0.15) is 23.8 Å². The summed E-state index contributed by atoms with van der Waals surface area (Å²) in [7, 11) is 0. The maximum absolute atomic E-state index is 13.4. The molecule has 0 radical (unpaired) electrons. The molecule has 0 saturated heterocycles. The molecular formula is C15H19FN4. The van der Waals surface area contributed by atoms with Gasteiger partial charge in [-0.1, -0.05) is 19.4 Å². The van der Waals surface area contributed by atoms with Crippen LogP contribution in [0.25, 0.3) is 0 Å². The van der Waals surface area contributed by atoms with Gasteiger partial charge < -0.3 is 10.6 Å². The topological polar surface area (TPSA) is 55.0 Å². The lowest BCUT2D eigenvalue weighted by atomic mass is 10.1. The Kier molecular flexibility index (Phi) is 4.50. The van der Waals surface area contributed by atoms with Gasteiger partial charge in [-0.05, 0) is 31.5 Å². The Hall–Kier alpha value is -2.17. The smallest absolute Gasteiger partial charge is 0.141 e. The van der Waals surface area contributed by atoms with Gasteiger partial charge in [0.15, 0.2) is 0 Å². The first-order valence-electron chi connectivity index (χ1n) is 6.79. The molecule has 0 fully saturated rings. The van der Waals surface area contributed by atoms with Crippen LogP contribution >= 0.6 is 0 Å². The number of hydrogen-bond acceptors (Lipinski definition) is 4. The van der Waals surface area contributed by atoms with E-state index in [4.69, 9.17) is 5.73 Å². The third kappa shape index (κ3) is 2.87. The Morgan fingerprint density at radius 3 is 2.70 bits per heavy atom. The largest absolute Gasteiger partial charge is 0.383 e. The summed E-state index contributed by atoms with van der Waals surface area (Å²) in [6, 6.07) is 6.48. The molecule has 2 rings (SSSR count). The first-order chi connectivity index (χ1) is 9.67. The number of nitrogens with zero attached hydrogens (tertiary/aromatic N) is 3. The minimum atomic E-state index is -0.264. The maximum Gasteiger partial charge on any atom is 0.141 e. The second-order valence-corrected chi connectivity index (χ2v) is 4.54. The molecule has 1 aromatic heterocycles. The van der Waals surface area contributed by atoms with E-state index in [-0.39, 0.29) is 5.82 Å². The lowest BCUT2D eigenvalue weighted by molar-refractivity contribution is 0.627. The molecule has 0 atom stereocenters. The fourth-order valence-electron chi connectivity index (χ4n) is 2.24. The fraction of sp³-hybridized carbons (Fsp3) is 0.333. The predicted molar refractivity (Wildman–Crippen MR) is 79.5 cm³/mol. The zero-order valence-electron chi connectivity index (χ0n) is 11.8. The highest BCUT2D eigenvalue weighted by atomic mass is 19.1. The van der Waals surface area contributed by atoms with Crippen LogP contribution in [0.15, 0.2) is 30.6 Å². The van der Waals surface area contributed by atoms with Crippen LogP contribution in [0.1, 0.15) is 25.8 Å². The molecule has 2 N–H and O–H groups in total. The normalized spacial score (nSPS) is 10.6. The SMILES string of the molecule is CCCc1c(N)ncnc1N(CC)c1cccc(F)c1. The molecule has 2 aromatic rings. The molecule has 4 nitrogen and oxygen atoms in total. The summed E-state index contributed by atoms with van der Waals surface area (Å²) in [5.74, 6) is 0.985. The van der Waals surface area contributed by atoms with E-state index in [9.17, 15) is 4.39 Å². The monoisotopic (exact) mass is 274 g/mol. The van der Waals surface area contributed by atoms with Crippen LogP contribution in [0.4, 0.5) is 21.7 Å². The minimum Gasteiger partial charge on any atom is -0.383 e. The minimum absolute atomic E-state index is 0.264. The molecule has 0 spiro atoms. The number of benzene rings is 1. The van der Waals surface area contributed by atoms with Crippen molar-refractivity contribution in [2.75, 3.05) is 17.2 Å². The van der Waals surface area contributed by atoms with E-state index in [1.807, 2.05) is 17.9 Å². The van der Waals surface area contributed by atoms with E-state index in [1.54, 1.807) is 6.07 Å². The highest BCUT2D eigenvalue weighted by molar-refractivity contribution is 5.66. The average molecular weight is 274 g/mol. The van der Waals surface area contributed by atoms with Gasteiger partial charge in [-0.15, -0.1) is 0 Å². The van der Waals surface area contributed by atoms with Crippen molar-refractivity contribution in [1.82, 2.24) is 9.97 Å². The molecule has 20 heavy (non-hydrogen) atoms. The molecule has 0 bridgehead atoms. The molecule has 1 aromatic carbocycles. The van der Waals surface area contributed by atoms with Gasteiger partial charge in [0.05, 0.1) is 0 Å². The van der Waals surface area contributed by atoms with Crippen LogP contribution in [-0.2, 0) is 6.42 Å². The summed E-state index contributed by atoms with van der Waals surface area (Å²) in [6.45, 7) is 4.75. The number of anilines is 3. The van der Waals surface area contributed by atoms with Gasteiger partial charge in [-0.25, -0.2) is 14.4 Å². The zero-order valence-corrected chi connectivity index (χ0v) is 11.8. The molecule has 0 amide bonds. The maximum atomic E-state index is 13.4. The van der Waals surface area contributed by atoms with Gasteiger partial charge in [-0.3, -0.25) is 0 Å². The Balaban J connectivity index is 2.49. The quantitative estimate of drug-likeness (QED) is 0.908. The van der Waals surface area contributed by atoms with Crippen LogP contribution in [0.3, 0.4) is 0 Å². The lowest BCUT2D eigenvalue weighted by Crippen LogP contribution is -2.20. The summed E-state index contributed by atoms with van der Waals surface area (Å²) in [5, 5.41) is 0. The molecular weight excluding hydrogens is 255 g/mol. The third-order valence-corrected chi connectivity index (χ3v) is 3.15. The molecule has 0 unspecified atom stereocenters. The van der Waals surface area contributed by atoms with Gasteiger partial charge in [0.2, 0.25) is 0 Å². The molecule has 0 aliphatic carbocycles. The summed E-state index contributed by atoms with van der Waals surface area (Å²) < 4.78 is 13.4. The number of nitrogen functional groups attached to an aromatic ring is 1. The van der Waals surface area contributed by atoms with E-state index in [0.29, 0.717) is 12.4 Å². The van der Waals surface area contributed by atoms with Crippen LogP contribution in [0.2, 0.25) is 0 Å². The van der Waals surface area contributed by atoms with Gasteiger partial charge in [0, 0.05) is 17.8 Å². The molecule has 5 heteroatoms.